The highest BCUT2D eigenvalue weighted by Crippen LogP contribution is 2.37. The van der Waals surface area contributed by atoms with Gasteiger partial charge in [0.15, 0.2) is 0 Å². The molecular formula is C31H35N5O3. The Hall–Kier alpha value is -4.30. The predicted molar refractivity (Wildman–Crippen MR) is 155 cm³/mol. The fraction of sp³-hybridized carbons (Fsp3) is 0.290. The van der Waals surface area contributed by atoms with Crippen LogP contribution in [0.1, 0.15) is 58.5 Å². The largest absolute Gasteiger partial charge is 0.352 e. The zero-order valence-corrected chi connectivity index (χ0v) is 22.7. The summed E-state index contributed by atoms with van der Waals surface area (Å²) in [6, 6.07) is 21.9. The van der Waals surface area contributed by atoms with E-state index in [-0.39, 0.29) is 17.7 Å². The van der Waals surface area contributed by atoms with Crippen LogP contribution in [0.15, 0.2) is 77.8 Å². The third-order valence-electron chi connectivity index (χ3n) is 6.81. The average Bonchev–Trinajstić information content (AvgIpc) is 3.29. The zero-order valence-electron chi connectivity index (χ0n) is 22.7. The highest BCUT2D eigenvalue weighted by molar-refractivity contribution is 6.24. The van der Waals surface area contributed by atoms with E-state index < -0.39 is 5.92 Å². The first-order valence-corrected chi connectivity index (χ1v) is 13.4. The Labute approximate surface area is 229 Å². The topological polar surface area (TPSA) is 103 Å². The highest BCUT2D eigenvalue weighted by Gasteiger charge is 2.35. The number of aliphatic imine (C=N–C) groups is 1. The van der Waals surface area contributed by atoms with Gasteiger partial charge in [-0.3, -0.25) is 19.4 Å². The number of amides is 3. The van der Waals surface area contributed by atoms with Gasteiger partial charge in [-0.2, -0.15) is 0 Å². The first-order valence-electron chi connectivity index (χ1n) is 13.4. The van der Waals surface area contributed by atoms with Gasteiger partial charge >= 0.3 is 0 Å². The van der Waals surface area contributed by atoms with Crippen molar-refractivity contribution in [3.63, 3.8) is 0 Å². The van der Waals surface area contributed by atoms with Gasteiger partial charge in [-0.15, -0.1) is 0 Å². The number of fused-ring (bicyclic) bond motifs is 1. The molecule has 4 rings (SSSR count). The summed E-state index contributed by atoms with van der Waals surface area (Å²) in [7, 11) is 0. The Kier molecular flexibility index (Phi) is 9.22. The zero-order chi connectivity index (χ0) is 27.8. The van der Waals surface area contributed by atoms with Crippen molar-refractivity contribution < 1.29 is 14.4 Å². The van der Waals surface area contributed by atoms with Gasteiger partial charge in [-0.25, -0.2) is 0 Å². The number of hydrogen-bond acceptors (Lipinski definition) is 5. The van der Waals surface area contributed by atoms with Crippen molar-refractivity contribution >= 4 is 34.8 Å². The maximum Gasteiger partial charge on any atom is 0.251 e. The van der Waals surface area contributed by atoms with Crippen molar-refractivity contribution in [3.8, 4) is 0 Å². The lowest BCUT2D eigenvalue weighted by Gasteiger charge is -2.18. The molecule has 3 amide bonds. The molecule has 8 nitrogen and oxygen atoms in total. The molecule has 1 atom stereocenters. The predicted octanol–water partition coefficient (Wildman–Crippen LogP) is 4.36. The SMILES string of the molecule is CCNC(=O)c1ccc2c(c1)NC(=O)C2C(=Nc1ccc(C(=O)NCCN(CC)CC)cc1)c1ccccc1. The number of carbonyl (C=O) groups excluding carboxylic acids is 3. The molecule has 0 saturated heterocycles. The number of nitrogens with zero attached hydrogens (tertiary/aromatic N) is 2. The molecule has 39 heavy (non-hydrogen) atoms. The second kappa shape index (κ2) is 13.0. The number of rotatable bonds is 11. The Bertz CT molecular complexity index is 1350. The standard InChI is InChI=1S/C31H35N5O3/c1-4-32-30(38)23-14-17-25-26(20-23)35-31(39)27(25)28(21-10-8-7-9-11-21)34-24-15-12-22(13-16-24)29(37)33-18-19-36(5-2)6-3/h7-17,20,27H,4-6,18-19H2,1-3H3,(H,32,38)(H,33,37)(H,35,39). The van der Waals surface area contributed by atoms with E-state index in [0.29, 0.717) is 41.3 Å². The molecule has 1 aliphatic heterocycles. The summed E-state index contributed by atoms with van der Waals surface area (Å²) in [6.45, 7) is 9.86. The van der Waals surface area contributed by atoms with Crippen molar-refractivity contribution in [1.82, 2.24) is 15.5 Å². The summed E-state index contributed by atoms with van der Waals surface area (Å²) in [6.07, 6.45) is 0. The Morgan fingerprint density at radius 1 is 0.846 bits per heavy atom. The van der Waals surface area contributed by atoms with Crippen LogP contribution < -0.4 is 16.0 Å². The van der Waals surface area contributed by atoms with Crippen LogP contribution in [-0.4, -0.2) is 61.1 Å². The minimum atomic E-state index is -0.645. The monoisotopic (exact) mass is 525 g/mol. The molecule has 0 aliphatic carbocycles. The molecule has 0 spiro atoms. The average molecular weight is 526 g/mol. The fourth-order valence-electron chi connectivity index (χ4n) is 4.64. The lowest BCUT2D eigenvalue weighted by atomic mass is 9.90. The first kappa shape index (κ1) is 27.7. The number of anilines is 1. The third kappa shape index (κ3) is 6.59. The lowest BCUT2D eigenvalue weighted by Crippen LogP contribution is -2.34. The highest BCUT2D eigenvalue weighted by atomic mass is 16.2. The van der Waals surface area contributed by atoms with Gasteiger partial charge in [0, 0.05) is 36.4 Å². The van der Waals surface area contributed by atoms with Crippen LogP contribution in [0.25, 0.3) is 0 Å². The number of likely N-dealkylation sites (N-methyl/N-ethyl adjacent to an activating group) is 1. The van der Waals surface area contributed by atoms with E-state index in [1.807, 2.05) is 43.3 Å². The molecule has 0 fully saturated rings. The third-order valence-corrected chi connectivity index (χ3v) is 6.81. The maximum absolute atomic E-state index is 13.2. The van der Waals surface area contributed by atoms with Crippen LogP contribution in [0.4, 0.5) is 11.4 Å². The van der Waals surface area contributed by atoms with Gasteiger partial charge in [0.25, 0.3) is 11.8 Å². The van der Waals surface area contributed by atoms with Gasteiger partial charge in [0.05, 0.1) is 11.4 Å². The molecule has 1 unspecified atom stereocenters. The summed E-state index contributed by atoms with van der Waals surface area (Å²) < 4.78 is 0. The van der Waals surface area contributed by atoms with Crippen molar-refractivity contribution in [2.24, 2.45) is 4.99 Å². The normalized spacial score (nSPS) is 14.6. The van der Waals surface area contributed by atoms with Crippen LogP contribution in [0.5, 0.6) is 0 Å². The molecule has 3 aromatic rings. The Morgan fingerprint density at radius 2 is 1.51 bits per heavy atom. The molecule has 0 saturated carbocycles. The first-order chi connectivity index (χ1) is 18.9. The van der Waals surface area contributed by atoms with Gasteiger partial charge in [-0.05, 0) is 67.5 Å². The number of benzene rings is 3. The van der Waals surface area contributed by atoms with E-state index in [0.717, 1.165) is 30.8 Å². The molecular weight excluding hydrogens is 490 g/mol. The number of nitrogens with one attached hydrogen (secondary N) is 3. The molecule has 3 N–H and O–H groups in total. The smallest absolute Gasteiger partial charge is 0.251 e. The van der Waals surface area contributed by atoms with Gasteiger partial charge in [-0.1, -0.05) is 50.2 Å². The van der Waals surface area contributed by atoms with Crippen LogP contribution in [0.3, 0.4) is 0 Å². The van der Waals surface area contributed by atoms with Crippen molar-refractivity contribution in [2.75, 3.05) is 38.0 Å². The summed E-state index contributed by atoms with van der Waals surface area (Å²) in [5.41, 5.74) is 4.45. The molecule has 0 radical (unpaired) electrons. The molecule has 3 aromatic carbocycles. The lowest BCUT2D eigenvalue weighted by molar-refractivity contribution is -0.115. The molecule has 0 aromatic heterocycles. The fourth-order valence-corrected chi connectivity index (χ4v) is 4.64. The number of hydrogen-bond donors (Lipinski definition) is 3. The van der Waals surface area contributed by atoms with Crippen LogP contribution in [-0.2, 0) is 4.79 Å². The van der Waals surface area contributed by atoms with Crippen LogP contribution >= 0.6 is 0 Å². The van der Waals surface area contributed by atoms with E-state index >= 15 is 0 Å². The van der Waals surface area contributed by atoms with E-state index in [1.54, 1.807) is 36.4 Å². The van der Waals surface area contributed by atoms with Crippen molar-refractivity contribution in [3.05, 3.63) is 95.1 Å². The van der Waals surface area contributed by atoms with Crippen molar-refractivity contribution in [1.29, 1.82) is 0 Å². The summed E-state index contributed by atoms with van der Waals surface area (Å²) in [5.74, 6) is -1.17. The van der Waals surface area contributed by atoms with E-state index in [1.165, 1.54) is 0 Å². The van der Waals surface area contributed by atoms with Crippen molar-refractivity contribution in [2.45, 2.75) is 26.7 Å². The van der Waals surface area contributed by atoms with Crippen LogP contribution in [0, 0.1) is 0 Å². The second-order valence-corrected chi connectivity index (χ2v) is 9.28. The molecule has 202 valence electrons. The quantitative estimate of drug-likeness (QED) is 0.324. The van der Waals surface area contributed by atoms with Gasteiger partial charge in [0.2, 0.25) is 5.91 Å². The Balaban J connectivity index is 1.60. The molecule has 0 bridgehead atoms. The molecule has 1 heterocycles. The number of carbonyl (C=O) groups is 3. The van der Waals surface area contributed by atoms with E-state index in [4.69, 9.17) is 4.99 Å². The van der Waals surface area contributed by atoms with Gasteiger partial charge < -0.3 is 20.9 Å². The summed E-state index contributed by atoms with van der Waals surface area (Å²) in [4.78, 5) is 45.3. The Morgan fingerprint density at radius 3 is 2.18 bits per heavy atom. The van der Waals surface area contributed by atoms with Gasteiger partial charge in [0.1, 0.15) is 5.92 Å². The minimum Gasteiger partial charge on any atom is -0.352 e. The van der Waals surface area contributed by atoms with E-state index in [9.17, 15) is 14.4 Å². The minimum absolute atomic E-state index is 0.131. The van der Waals surface area contributed by atoms with Crippen LogP contribution in [0.2, 0.25) is 0 Å². The van der Waals surface area contributed by atoms with E-state index in [2.05, 4.69) is 34.7 Å². The summed E-state index contributed by atoms with van der Waals surface area (Å²) >= 11 is 0. The molecule has 1 aliphatic rings. The molecule has 8 heteroatoms. The summed E-state index contributed by atoms with van der Waals surface area (Å²) in [5, 5.41) is 8.68. The second-order valence-electron chi connectivity index (χ2n) is 9.28. The maximum atomic E-state index is 13.2.